The molecule has 0 radical (unpaired) electrons. The number of benzene rings is 1. The van der Waals surface area contributed by atoms with Gasteiger partial charge >= 0.3 is 0 Å². The number of piperidine rings is 1. The first-order chi connectivity index (χ1) is 7.29. The maximum absolute atomic E-state index is 10.2. The van der Waals surface area contributed by atoms with Crippen molar-refractivity contribution in [2.45, 2.75) is 18.9 Å². The maximum atomic E-state index is 10.2. The number of nitrogen functional groups attached to an aromatic ring is 1. The van der Waals surface area contributed by atoms with Crippen LogP contribution in [0.4, 0.5) is 5.69 Å². The Kier molecular flexibility index (Phi) is 3.23. The first kappa shape index (κ1) is 10.5. The van der Waals surface area contributed by atoms with Crippen LogP contribution in [-0.4, -0.2) is 18.2 Å². The van der Waals surface area contributed by atoms with Crippen molar-refractivity contribution >= 4 is 5.69 Å². The van der Waals surface area contributed by atoms with Crippen LogP contribution in [0.3, 0.4) is 0 Å². The van der Waals surface area contributed by atoms with Crippen LogP contribution in [-0.2, 0) is 0 Å². The van der Waals surface area contributed by atoms with E-state index in [9.17, 15) is 5.11 Å². The summed E-state index contributed by atoms with van der Waals surface area (Å²) < 4.78 is 0. The van der Waals surface area contributed by atoms with Crippen LogP contribution in [0.2, 0.25) is 0 Å². The minimum atomic E-state index is -0.431. The van der Waals surface area contributed by atoms with Crippen LogP contribution < -0.4 is 11.1 Å². The third-order valence-corrected chi connectivity index (χ3v) is 3.10. The summed E-state index contributed by atoms with van der Waals surface area (Å²) in [6.07, 6.45) is 1.77. The number of nitrogens with one attached hydrogen (secondary N) is 1. The lowest BCUT2D eigenvalue weighted by Crippen LogP contribution is -2.33. The minimum Gasteiger partial charge on any atom is -0.398 e. The monoisotopic (exact) mass is 206 g/mol. The van der Waals surface area contributed by atoms with Gasteiger partial charge in [-0.3, -0.25) is 0 Å². The van der Waals surface area contributed by atoms with E-state index in [2.05, 4.69) is 5.32 Å². The van der Waals surface area contributed by atoms with E-state index in [-0.39, 0.29) is 0 Å². The number of para-hydroxylation sites is 1. The summed E-state index contributed by atoms with van der Waals surface area (Å²) in [6, 6.07) is 7.57. The van der Waals surface area contributed by atoms with E-state index in [4.69, 9.17) is 5.73 Å². The highest BCUT2D eigenvalue weighted by Gasteiger charge is 2.23. The molecule has 3 heteroatoms. The summed E-state index contributed by atoms with van der Waals surface area (Å²) in [6.45, 7) is 1.95. The topological polar surface area (TPSA) is 58.3 Å². The van der Waals surface area contributed by atoms with Gasteiger partial charge in [0, 0.05) is 23.7 Å². The predicted molar refractivity (Wildman–Crippen MR) is 61.4 cm³/mol. The Hall–Kier alpha value is -1.06. The van der Waals surface area contributed by atoms with Gasteiger partial charge in [0.2, 0.25) is 0 Å². The first-order valence-electron chi connectivity index (χ1n) is 5.52. The highest BCUT2D eigenvalue weighted by atomic mass is 16.3. The molecular weight excluding hydrogens is 188 g/mol. The van der Waals surface area contributed by atoms with Crippen molar-refractivity contribution in [3.8, 4) is 0 Å². The van der Waals surface area contributed by atoms with Gasteiger partial charge in [-0.05, 0) is 25.5 Å². The molecule has 1 fully saturated rings. The molecule has 0 aliphatic carbocycles. The molecule has 0 bridgehead atoms. The number of hydrogen-bond donors (Lipinski definition) is 3. The SMILES string of the molecule is Nc1ccccc1C(O)C1CCCNC1. The van der Waals surface area contributed by atoms with Gasteiger partial charge in [-0.15, -0.1) is 0 Å². The minimum absolute atomic E-state index is 0.295. The molecule has 1 aromatic rings. The van der Waals surface area contributed by atoms with E-state index in [1.165, 1.54) is 0 Å². The van der Waals surface area contributed by atoms with E-state index in [0.29, 0.717) is 11.6 Å². The summed E-state index contributed by atoms with van der Waals surface area (Å²) in [5, 5.41) is 13.5. The van der Waals surface area contributed by atoms with Crippen LogP contribution in [0.5, 0.6) is 0 Å². The molecule has 2 unspecified atom stereocenters. The van der Waals surface area contributed by atoms with Gasteiger partial charge in [-0.1, -0.05) is 18.2 Å². The van der Waals surface area contributed by atoms with Crippen molar-refractivity contribution in [3.05, 3.63) is 29.8 Å². The van der Waals surface area contributed by atoms with Gasteiger partial charge in [0.1, 0.15) is 0 Å². The van der Waals surface area contributed by atoms with Crippen molar-refractivity contribution < 1.29 is 5.11 Å². The zero-order chi connectivity index (χ0) is 10.7. The van der Waals surface area contributed by atoms with Crippen molar-refractivity contribution in [2.75, 3.05) is 18.8 Å². The maximum Gasteiger partial charge on any atom is 0.0850 e. The fourth-order valence-corrected chi connectivity index (χ4v) is 2.18. The highest BCUT2D eigenvalue weighted by molar-refractivity contribution is 5.47. The van der Waals surface area contributed by atoms with Crippen molar-refractivity contribution in [3.63, 3.8) is 0 Å². The summed E-state index contributed by atoms with van der Waals surface area (Å²) in [4.78, 5) is 0. The second-order valence-corrected chi connectivity index (χ2v) is 4.18. The fourth-order valence-electron chi connectivity index (χ4n) is 2.18. The quantitative estimate of drug-likeness (QED) is 0.639. The Bertz CT molecular complexity index is 321. The molecule has 3 nitrogen and oxygen atoms in total. The molecule has 0 aromatic heterocycles. The van der Waals surface area contributed by atoms with E-state index in [0.717, 1.165) is 31.5 Å². The molecule has 4 N–H and O–H groups in total. The van der Waals surface area contributed by atoms with Gasteiger partial charge < -0.3 is 16.2 Å². The van der Waals surface area contributed by atoms with Crippen LogP contribution in [0.25, 0.3) is 0 Å². The Morgan fingerprint density at radius 3 is 2.87 bits per heavy atom. The molecule has 82 valence electrons. The van der Waals surface area contributed by atoms with Gasteiger partial charge in [0.05, 0.1) is 6.10 Å². The Labute approximate surface area is 90.3 Å². The molecule has 2 atom stereocenters. The fraction of sp³-hybridized carbons (Fsp3) is 0.500. The van der Waals surface area contributed by atoms with Crippen LogP contribution in [0.1, 0.15) is 24.5 Å². The molecule has 0 spiro atoms. The molecule has 1 saturated heterocycles. The smallest absolute Gasteiger partial charge is 0.0850 e. The van der Waals surface area contributed by atoms with Gasteiger partial charge in [-0.2, -0.15) is 0 Å². The van der Waals surface area contributed by atoms with Crippen molar-refractivity contribution in [1.82, 2.24) is 5.32 Å². The second-order valence-electron chi connectivity index (χ2n) is 4.18. The first-order valence-corrected chi connectivity index (χ1v) is 5.52. The Morgan fingerprint density at radius 1 is 1.40 bits per heavy atom. The van der Waals surface area contributed by atoms with Crippen LogP contribution >= 0.6 is 0 Å². The average molecular weight is 206 g/mol. The van der Waals surface area contributed by atoms with E-state index >= 15 is 0 Å². The number of hydrogen-bond acceptors (Lipinski definition) is 3. The molecule has 0 saturated carbocycles. The summed E-state index contributed by atoms with van der Waals surface area (Å²) in [5.74, 6) is 0.295. The summed E-state index contributed by atoms with van der Waals surface area (Å²) in [5.41, 5.74) is 7.40. The lowest BCUT2D eigenvalue weighted by atomic mass is 9.89. The number of anilines is 1. The normalized spacial score (nSPS) is 23.7. The molecule has 15 heavy (non-hydrogen) atoms. The van der Waals surface area contributed by atoms with Gasteiger partial charge in [0.25, 0.3) is 0 Å². The molecule has 2 rings (SSSR count). The second kappa shape index (κ2) is 4.64. The lowest BCUT2D eigenvalue weighted by Gasteiger charge is -2.28. The largest absolute Gasteiger partial charge is 0.398 e. The van der Waals surface area contributed by atoms with Crippen molar-refractivity contribution in [1.29, 1.82) is 0 Å². The van der Waals surface area contributed by atoms with Gasteiger partial charge in [0.15, 0.2) is 0 Å². The molecule has 1 heterocycles. The van der Waals surface area contributed by atoms with Crippen molar-refractivity contribution in [2.24, 2.45) is 5.92 Å². The number of nitrogens with two attached hydrogens (primary N) is 1. The third-order valence-electron chi connectivity index (χ3n) is 3.10. The Balaban J connectivity index is 2.12. The molecular formula is C12H18N2O. The number of rotatable bonds is 2. The molecule has 1 aliphatic heterocycles. The number of aliphatic hydroxyl groups excluding tert-OH is 1. The van der Waals surface area contributed by atoms with Crippen LogP contribution in [0, 0.1) is 5.92 Å². The summed E-state index contributed by atoms with van der Waals surface area (Å²) >= 11 is 0. The average Bonchev–Trinajstić information content (AvgIpc) is 2.30. The highest BCUT2D eigenvalue weighted by Crippen LogP contribution is 2.30. The molecule has 1 aliphatic rings. The zero-order valence-electron chi connectivity index (χ0n) is 8.82. The molecule has 1 aromatic carbocycles. The van der Waals surface area contributed by atoms with E-state index in [1.54, 1.807) is 0 Å². The van der Waals surface area contributed by atoms with Gasteiger partial charge in [-0.25, -0.2) is 0 Å². The predicted octanol–water partition coefficient (Wildman–Crippen LogP) is 1.30. The summed E-state index contributed by atoms with van der Waals surface area (Å²) in [7, 11) is 0. The third kappa shape index (κ3) is 2.30. The Morgan fingerprint density at radius 2 is 2.20 bits per heavy atom. The lowest BCUT2D eigenvalue weighted by molar-refractivity contribution is 0.0928. The standard InChI is InChI=1S/C12H18N2O/c13-11-6-2-1-5-10(11)12(15)9-4-3-7-14-8-9/h1-2,5-6,9,12,14-15H,3-4,7-8,13H2. The van der Waals surface area contributed by atoms with Crippen LogP contribution in [0.15, 0.2) is 24.3 Å². The van der Waals surface area contributed by atoms with E-state index in [1.807, 2.05) is 24.3 Å². The molecule has 0 amide bonds. The number of aliphatic hydroxyl groups is 1. The zero-order valence-corrected chi connectivity index (χ0v) is 8.82. The van der Waals surface area contributed by atoms with E-state index < -0.39 is 6.10 Å².